The van der Waals surface area contributed by atoms with Crippen LogP contribution < -0.4 is 10.5 Å². The summed E-state index contributed by atoms with van der Waals surface area (Å²) in [5.74, 6) is 0.392. The molecule has 0 saturated carbocycles. The second-order valence-corrected chi connectivity index (χ2v) is 7.73. The van der Waals surface area contributed by atoms with Gasteiger partial charge in [0.1, 0.15) is 10.6 Å². The Hall–Kier alpha value is -2.21. The molecular formula is C19H20FN3OS. The van der Waals surface area contributed by atoms with Crippen molar-refractivity contribution >= 4 is 27.5 Å². The maximum atomic E-state index is 13.1. The Labute approximate surface area is 149 Å². The number of anilines is 1. The smallest absolute Gasteiger partial charge is 0.263 e. The van der Waals surface area contributed by atoms with E-state index in [1.165, 1.54) is 29.0 Å². The molecule has 0 amide bonds. The second kappa shape index (κ2) is 6.26. The highest BCUT2D eigenvalue weighted by Gasteiger charge is 2.22. The summed E-state index contributed by atoms with van der Waals surface area (Å²) in [5.41, 5.74) is 2.22. The zero-order chi connectivity index (χ0) is 17.6. The van der Waals surface area contributed by atoms with Crippen LogP contribution in [0, 0.1) is 5.82 Å². The fourth-order valence-electron chi connectivity index (χ4n) is 3.55. The monoisotopic (exact) mass is 357 g/mol. The standard InChI is InChI=1S/C19H20FN3OS/c1-22(11-12-7-9-13(20)10-8-12)19-21-17-16(18(24)23(19)2)14-5-3-4-6-15(14)25-17/h7-10H,3-6,11H2,1-2H3. The van der Waals surface area contributed by atoms with E-state index in [9.17, 15) is 9.18 Å². The highest BCUT2D eigenvalue weighted by atomic mass is 32.1. The van der Waals surface area contributed by atoms with E-state index < -0.39 is 0 Å². The quantitative estimate of drug-likeness (QED) is 0.718. The first-order valence-electron chi connectivity index (χ1n) is 8.51. The third-order valence-corrected chi connectivity index (χ3v) is 6.03. The average Bonchev–Trinajstić information content (AvgIpc) is 2.98. The van der Waals surface area contributed by atoms with Gasteiger partial charge in [-0.1, -0.05) is 12.1 Å². The lowest BCUT2D eigenvalue weighted by molar-refractivity contribution is 0.626. The molecule has 0 saturated heterocycles. The minimum atomic E-state index is -0.248. The molecule has 4 rings (SSSR count). The molecule has 0 N–H and O–H groups in total. The first-order valence-corrected chi connectivity index (χ1v) is 9.33. The van der Waals surface area contributed by atoms with Gasteiger partial charge in [0.2, 0.25) is 5.95 Å². The fraction of sp³-hybridized carbons (Fsp3) is 0.368. The lowest BCUT2D eigenvalue weighted by atomic mass is 9.97. The van der Waals surface area contributed by atoms with Crippen LogP contribution in [0.2, 0.25) is 0 Å². The van der Waals surface area contributed by atoms with E-state index in [2.05, 4.69) is 0 Å². The van der Waals surface area contributed by atoms with Crippen LogP contribution in [0.25, 0.3) is 10.2 Å². The number of nitrogens with zero attached hydrogens (tertiary/aromatic N) is 3. The minimum absolute atomic E-state index is 0.0327. The number of benzene rings is 1. The summed E-state index contributed by atoms with van der Waals surface area (Å²) in [5, 5.41) is 0.807. The van der Waals surface area contributed by atoms with Crippen LogP contribution in [0.4, 0.5) is 10.3 Å². The van der Waals surface area contributed by atoms with Crippen molar-refractivity contribution in [1.82, 2.24) is 9.55 Å². The molecule has 0 spiro atoms. The number of thiophene rings is 1. The number of fused-ring (bicyclic) bond motifs is 3. The second-order valence-electron chi connectivity index (χ2n) is 6.65. The summed E-state index contributed by atoms with van der Waals surface area (Å²) in [7, 11) is 3.68. The zero-order valence-electron chi connectivity index (χ0n) is 14.4. The van der Waals surface area contributed by atoms with Crippen LogP contribution in [0.5, 0.6) is 0 Å². The van der Waals surface area contributed by atoms with Crippen LogP contribution in [0.3, 0.4) is 0 Å². The zero-order valence-corrected chi connectivity index (χ0v) is 15.2. The van der Waals surface area contributed by atoms with Crippen molar-refractivity contribution in [2.75, 3.05) is 11.9 Å². The Balaban J connectivity index is 1.75. The third kappa shape index (κ3) is 2.84. The number of hydrogen-bond donors (Lipinski definition) is 0. The molecule has 4 nitrogen and oxygen atoms in total. The molecule has 0 aliphatic heterocycles. The van der Waals surface area contributed by atoms with Crippen molar-refractivity contribution in [3.05, 3.63) is 56.4 Å². The van der Waals surface area contributed by atoms with Gasteiger partial charge in [0, 0.05) is 25.5 Å². The van der Waals surface area contributed by atoms with Crippen LogP contribution in [-0.2, 0) is 26.4 Å². The normalized spacial score (nSPS) is 13.9. The first-order chi connectivity index (χ1) is 12.0. The fourth-order valence-corrected chi connectivity index (χ4v) is 4.80. The van der Waals surface area contributed by atoms with Gasteiger partial charge in [0.25, 0.3) is 5.56 Å². The number of aromatic nitrogens is 2. The maximum absolute atomic E-state index is 13.1. The molecule has 3 aromatic rings. The molecule has 6 heteroatoms. The van der Waals surface area contributed by atoms with Crippen molar-refractivity contribution < 1.29 is 4.39 Å². The molecule has 1 aromatic carbocycles. The highest BCUT2D eigenvalue weighted by Crippen LogP contribution is 2.34. The summed E-state index contributed by atoms with van der Waals surface area (Å²) in [4.78, 5) is 21.8. The molecule has 1 aliphatic carbocycles. The molecule has 0 unspecified atom stereocenters. The van der Waals surface area contributed by atoms with Gasteiger partial charge >= 0.3 is 0 Å². The van der Waals surface area contributed by atoms with E-state index in [-0.39, 0.29) is 11.4 Å². The largest absolute Gasteiger partial charge is 0.341 e. The van der Waals surface area contributed by atoms with Gasteiger partial charge in [-0.2, -0.15) is 0 Å². The number of aryl methyl sites for hydroxylation is 2. The van der Waals surface area contributed by atoms with E-state index >= 15 is 0 Å². The Kier molecular flexibility index (Phi) is 4.07. The predicted molar refractivity (Wildman–Crippen MR) is 100 cm³/mol. The highest BCUT2D eigenvalue weighted by molar-refractivity contribution is 7.18. The third-order valence-electron chi connectivity index (χ3n) is 4.85. The van der Waals surface area contributed by atoms with Crippen molar-refractivity contribution in [1.29, 1.82) is 0 Å². The number of hydrogen-bond acceptors (Lipinski definition) is 4. The lowest BCUT2D eigenvalue weighted by Gasteiger charge is -2.20. The van der Waals surface area contributed by atoms with Crippen LogP contribution in [0.15, 0.2) is 29.1 Å². The van der Waals surface area contributed by atoms with E-state index in [0.29, 0.717) is 12.5 Å². The van der Waals surface area contributed by atoms with Gasteiger partial charge in [0.05, 0.1) is 5.39 Å². The maximum Gasteiger partial charge on any atom is 0.263 e. The van der Waals surface area contributed by atoms with Crippen LogP contribution in [-0.4, -0.2) is 16.6 Å². The van der Waals surface area contributed by atoms with Crippen molar-refractivity contribution in [2.24, 2.45) is 7.05 Å². The Morgan fingerprint density at radius 3 is 2.72 bits per heavy atom. The molecule has 2 heterocycles. The first kappa shape index (κ1) is 16.3. The summed E-state index contributed by atoms with van der Waals surface area (Å²) in [6.45, 7) is 0.567. The summed E-state index contributed by atoms with van der Waals surface area (Å²) in [6.07, 6.45) is 4.38. The summed E-state index contributed by atoms with van der Waals surface area (Å²) >= 11 is 1.66. The van der Waals surface area contributed by atoms with E-state index in [4.69, 9.17) is 4.98 Å². The van der Waals surface area contributed by atoms with Crippen molar-refractivity contribution in [3.8, 4) is 0 Å². The summed E-state index contributed by atoms with van der Waals surface area (Å²) < 4.78 is 14.7. The summed E-state index contributed by atoms with van der Waals surface area (Å²) in [6, 6.07) is 6.41. The lowest BCUT2D eigenvalue weighted by Crippen LogP contribution is -2.28. The molecule has 2 aromatic heterocycles. The Bertz CT molecular complexity index is 991. The van der Waals surface area contributed by atoms with Gasteiger partial charge in [-0.05, 0) is 48.9 Å². The molecule has 0 radical (unpaired) electrons. The SMILES string of the molecule is CN(Cc1ccc(F)cc1)c1nc2sc3c(c2c(=O)n1C)CCCC3. The van der Waals surface area contributed by atoms with Crippen LogP contribution in [0.1, 0.15) is 28.8 Å². The van der Waals surface area contributed by atoms with Crippen LogP contribution >= 0.6 is 11.3 Å². The molecule has 130 valence electrons. The van der Waals surface area contributed by atoms with E-state index in [1.807, 2.05) is 11.9 Å². The van der Waals surface area contributed by atoms with Crippen molar-refractivity contribution in [2.45, 2.75) is 32.2 Å². The average molecular weight is 357 g/mol. The Morgan fingerprint density at radius 2 is 1.96 bits per heavy atom. The topological polar surface area (TPSA) is 38.1 Å². The number of halogens is 1. The van der Waals surface area contributed by atoms with Gasteiger partial charge in [-0.25, -0.2) is 9.37 Å². The molecule has 1 aliphatic rings. The van der Waals surface area contributed by atoms with E-state index in [1.54, 1.807) is 35.1 Å². The van der Waals surface area contributed by atoms with Crippen molar-refractivity contribution in [3.63, 3.8) is 0 Å². The number of rotatable bonds is 3. The molecule has 25 heavy (non-hydrogen) atoms. The molecule has 0 bridgehead atoms. The van der Waals surface area contributed by atoms with Gasteiger partial charge in [-0.3, -0.25) is 9.36 Å². The van der Waals surface area contributed by atoms with Gasteiger partial charge in [0.15, 0.2) is 0 Å². The predicted octanol–water partition coefficient (Wildman–Crippen LogP) is 3.65. The van der Waals surface area contributed by atoms with Gasteiger partial charge in [-0.15, -0.1) is 11.3 Å². The molecular weight excluding hydrogens is 337 g/mol. The van der Waals surface area contributed by atoms with Gasteiger partial charge < -0.3 is 4.90 Å². The Morgan fingerprint density at radius 1 is 1.24 bits per heavy atom. The van der Waals surface area contributed by atoms with E-state index in [0.717, 1.165) is 35.0 Å². The molecule has 0 fully saturated rings. The minimum Gasteiger partial charge on any atom is -0.341 e. The molecule has 0 atom stereocenters.